The number of fused-ring (bicyclic) bond motifs is 1. The van der Waals surface area contributed by atoms with Gasteiger partial charge in [-0.25, -0.2) is 0 Å². The summed E-state index contributed by atoms with van der Waals surface area (Å²) in [6, 6.07) is 7.89. The standard InChI is InChI=1S/C18H21BrClN3O/c1-21(2)9-10-22-8-6-17-14(18(22)24)5-7-23(17)12-13-3-4-16(20)15(19)11-13/h3-5,7,11H,6,8-10,12H2,1-2H3. The first-order valence-electron chi connectivity index (χ1n) is 8.01. The van der Waals surface area contributed by atoms with E-state index in [1.54, 1.807) is 0 Å². The van der Waals surface area contributed by atoms with Crippen molar-refractivity contribution in [3.8, 4) is 0 Å². The molecule has 1 aliphatic heterocycles. The first-order valence-corrected chi connectivity index (χ1v) is 9.18. The molecular weight excluding hydrogens is 390 g/mol. The van der Waals surface area contributed by atoms with Gasteiger partial charge in [-0.1, -0.05) is 17.7 Å². The Balaban J connectivity index is 1.76. The molecule has 0 fully saturated rings. The third-order valence-electron chi connectivity index (χ3n) is 4.37. The van der Waals surface area contributed by atoms with Crippen LogP contribution in [0, 0.1) is 0 Å². The van der Waals surface area contributed by atoms with Crippen molar-refractivity contribution in [3.05, 3.63) is 56.8 Å². The number of hydrogen-bond donors (Lipinski definition) is 0. The number of nitrogens with zero attached hydrogens (tertiary/aromatic N) is 3. The Kier molecular flexibility index (Phi) is 5.33. The van der Waals surface area contributed by atoms with E-state index >= 15 is 0 Å². The van der Waals surface area contributed by atoms with Gasteiger partial charge in [0.15, 0.2) is 0 Å². The maximum atomic E-state index is 12.7. The number of likely N-dealkylation sites (N-methyl/N-ethyl adjacent to an activating group) is 1. The summed E-state index contributed by atoms with van der Waals surface area (Å²) < 4.78 is 3.07. The van der Waals surface area contributed by atoms with E-state index in [9.17, 15) is 4.79 Å². The smallest absolute Gasteiger partial charge is 0.255 e. The van der Waals surface area contributed by atoms with Crippen LogP contribution in [0.3, 0.4) is 0 Å². The highest BCUT2D eigenvalue weighted by Gasteiger charge is 2.26. The van der Waals surface area contributed by atoms with E-state index in [1.807, 2.05) is 49.5 Å². The molecule has 2 heterocycles. The van der Waals surface area contributed by atoms with Gasteiger partial charge in [0.1, 0.15) is 0 Å². The van der Waals surface area contributed by atoms with Crippen LogP contribution in [0.4, 0.5) is 0 Å². The number of carbonyl (C=O) groups is 1. The van der Waals surface area contributed by atoms with Crippen LogP contribution in [-0.2, 0) is 13.0 Å². The first kappa shape index (κ1) is 17.5. The van der Waals surface area contributed by atoms with E-state index in [0.29, 0.717) is 5.02 Å². The van der Waals surface area contributed by atoms with E-state index < -0.39 is 0 Å². The van der Waals surface area contributed by atoms with Gasteiger partial charge in [0.25, 0.3) is 5.91 Å². The summed E-state index contributed by atoms with van der Waals surface area (Å²) in [5, 5.41) is 0.708. The Hall–Kier alpha value is -1.30. The molecule has 24 heavy (non-hydrogen) atoms. The van der Waals surface area contributed by atoms with Crippen LogP contribution in [0.15, 0.2) is 34.9 Å². The minimum absolute atomic E-state index is 0.147. The lowest BCUT2D eigenvalue weighted by atomic mass is 10.1. The number of carbonyl (C=O) groups excluding carboxylic acids is 1. The van der Waals surface area contributed by atoms with Crippen molar-refractivity contribution >= 4 is 33.4 Å². The molecule has 1 aromatic carbocycles. The summed E-state index contributed by atoms with van der Waals surface area (Å²) >= 11 is 9.52. The summed E-state index contributed by atoms with van der Waals surface area (Å²) in [6.07, 6.45) is 2.91. The van der Waals surface area contributed by atoms with Crippen molar-refractivity contribution in [2.45, 2.75) is 13.0 Å². The van der Waals surface area contributed by atoms with Crippen molar-refractivity contribution in [2.24, 2.45) is 0 Å². The second-order valence-electron chi connectivity index (χ2n) is 6.40. The van der Waals surface area contributed by atoms with Crippen LogP contribution in [0.1, 0.15) is 21.6 Å². The molecule has 128 valence electrons. The average Bonchev–Trinajstić information content (AvgIpc) is 2.94. The fourth-order valence-corrected chi connectivity index (χ4v) is 3.55. The van der Waals surface area contributed by atoms with Gasteiger partial charge in [0.05, 0.1) is 10.6 Å². The lowest BCUT2D eigenvalue weighted by Gasteiger charge is -2.29. The highest BCUT2D eigenvalue weighted by atomic mass is 79.9. The number of aromatic nitrogens is 1. The molecule has 0 radical (unpaired) electrons. The molecule has 4 nitrogen and oxygen atoms in total. The van der Waals surface area contributed by atoms with Gasteiger partial charge in [-0.2, -0.15) is 0 Å². The quantitative estimate of drug-likeness (QED) is 0.754. The van der Waals surface area contributed by atoms with E-state index in [-0.39, 0.29) is 5.91 Å². The van der Waals surface area contributed by atoms with Gasteiger partial charge in [0, 0.05) is 49.0 Å². The minimum Gasteiger partial charge on any atom is -0.346 e. The number of halogens is 2. The molecule has 3 rings (SSSR count). The molecule has 0 saturated carbocycles. The van der Waals surface area contributed by atoms with E-state index in [4.69, 9.17) is 11.6 Å². The van der Waals surface area contributed by atoms with Crippen molar-refractivity contribution in [3.63, 3.8) is 0 Å². The zero-order chi connectivity index (χ0) is 17.3. The van der Waals surface area contributed by atoms with Gasteiger partial charge >= 0.3 is 0 Å². The molecule has 2 aromatic rings. The Morgan fingerprint density at radius 2 is 2.08 bits per heavy atom. The van der Waals surface area contributed by atoms with Crippen LogP contribution < -0.4 is 0 Å². The topological polar surface area (TPSA) is 28.5 Å². The van der Waals surface area contributed by atoms with E-state index in [0.717, 1.165) is 53.9 Å². The Morgan fingerprint density at radius 3 is 2.79 bits per heavy atom. The molecule has 6 heteroatoms. The van der Waals surface area contributed by atoms with Crippen molar-refractivity contribution < 1.29 is 4.79 Å². The molecule has 0 saturated heterocycles. The molecule has 0 spiro atoms. The number of amides is 1. The second-order valence-corrected chi connectivity index (χ2v) is 7.66. The Labute approximate surface area is 156 Å². The molecule has 1 aliphatic rings. The third kappa shape index (κ3) is 3.68. The zero-order valence-corrected chi connectivity index (χ0v) is 16.3. The highest BCUT2D eigenvalue weighted by Crippen LogP contribution is 2.25. The predicted molar refractivity (Wildman–Crippen MR) is 101 cm³/mol. The molecule has 0 bridgehead atoms. The molecular formula is C18H21BrClN3O. The summed E-state index contributed by atoms with van der Waals surface area (Å²) in [5.41, 5.74) is 3.13. The van der Waals surface area contributed by atoms with Gasteiger partial charge in [-0.3, -0.25) is 4.79 Å². The SMILES string of the molecule is CN(C)CCN1CCc2c(ccn2Cc2ccc(Cl)c(Br)c2)C1=O. The summed E-state index contributed by atoms with van der Waals surface area (Å²) in [4.78, 5) is 16.7. The molecule has 0 N–H and O–H groups in total. The van der Waals surface area contributed by atoms with Crippen LogP contribution in [0.5, 0.6) is 0 Å². The van der Waals surface area contributed by atoms with Crippen LogP contribution in [-0.4, -0.2) is 54.0 Å². The molecule has 1 amide bonds. The van der Waals surface area contributed by atoms with Gasteiger partial charge in [-0.15, -0.1) is 0 Å². The average molecular weight is 411 g/mol. The van der Waals surface area contributed by atoms with Crippen LogP contribution in [0.2, 0.25) is 5.02 Å². The van der Waals surface area contributed by atoms with Crippen LogP contribution in [0.25, 0.3) is 0 Å². The minimum atomic E-state index is 0.147. The maximum Gasteiger partial charge on any atom is 0.255 e. The first-order chi connectivity index (χ1) is 11.5. The van der Waals surface area contributed by atoms with Gasteiger partial charge in [-0.05, 0) is 53.8 Å². The molecule has 0 aliphatic carbocycles. The van der Waals surface area contributed by atoms with Crippen molar-refractivity contribution in [2.75, 3.05) is 33.7 Å². The van der Waals surface area contributed by atoms with Crippen LogP contribution >= 0.6 is 27.5 Å². The Morgan fingerprint density at radius 1 is 1.29 bits per heavy atom. The largest absolute Gasteiger partial charge is 0.346 e. The number of rotatable bonds is 5. The zero-order valence-electron chi connectivity index (χ0n) is 13.9. The highest BCUT2D eigenvalue weighted by molar-refractivity contribution is 9.10. The van der Waals surface area contributed by atoms with E-state index in [1.165, 1.54) is 0 Å². The predicted octanol–water partition coefficient (Wildman–Crippen LogP) is 3.51. The third-order valence-corrected chi connectivity index (χ3v) is 5.58. The normalized spacial score (nSPS) is 14.4. The summed E-state index contributed by atoms with van der Waals surface area (Å²) in [6.45, 7) is 3.20. The summed E-state index contributed by atoms with van der Waals surface area (Å²) in [7, 11) is 4.06. The fraction of sp³-hybridized carbons (Fsp3) is 0.389. The molecule has 0 atom stereocenters. The van der Waals surface area contributed by atoms with Crippen molar-refractivity contribution in [1.29, 1.82) is 0 Å². The number of benzene rings is 1. The number of hydrogen-bond acceptors (Lipinski definition) is 2. The van der Waals surface area contributed by atoms with Gasteiger partial charge < -0.3 is 14.4 Å². The monoisotopic (exact) mass is 409 g/mol. The van der Waals surface area contributed by atoms with Gasteiger partial charge in [0.2, 0.25) is 0 Å². The van der Waals surface area contributed by atoms with Crippen molar-refractivity contribution in [1.82, 2.24) is 14.4 Å². The second kappa shape index (κ2) is 7.30. The Bertz CT molecular complexity index is 757. The molecule has 1 aromatic heterocycles. The molecule has 0 unspecified atom stereocenters. The maximum absolute atomic E-state index is 12.7. The van der Waals surface area contributed by atoms with E-state index in [2.05, 4.69) is 25.4 Å². The fourth-order valence-electron chi connectivity index (χ4n) is 3.01. The lowest BCUT2D eigenvalue weighted by Crippen LogP contribution is -2.41. The lowest BCUT2D eigenvalue weighted by molar-refractivity contribution is 0.0727. The summed E-state index contributed by atoms with van der Waals surface area (Å²) in [5.74, 6) is 0.147.